The quantitative estimate of drug-likeness (QED) is 0.816. The Bertz CT molecular complexity index is 540. The van der Waals surface area contributed by atoms with E-state index in [0.717, 1.165) is 18.2 Å². The molecule has 17 heavy (non-hydrogen) atoms. The Hall–Kier alpha value is -1.30. The standard InChI is InChI=1S/C11H10BrF2N3/c1-2-17-10(6-12)15-16-11(17)8-5-7(13)3-4-9(8)14/h3-5H,2,6H2,1H3. The average Bonchev–Trinajstić information content (AvgIpc) is 2.74. The third kappa shape index (κ3) is 2.22. The van der Waals surface area contributed by atoms with Crippen molar-refractivity contribution >= 4 is 15.9 Å². The summed E-state index contributed by atoms with van der Waals surface area (Å²) in [6.07, 6.45) is 0. The first-order valence-corrected chi connectivity index (χ1v) is 6.23. The second kappa shape index (κ2) is 4.91. The van der Waals surface area contributed by atoms with Crippen LogP contribution in [-0.4, -0.2) is 14.8 Å². The number of hydrogen-bond acceptors (Lipinski definition) is 2. The molecule has 0 bridgehead atoms. The molecule has 0 saturated carbocycles. The lowest BCUT2D eigenvalue weighted by molar-refractivity contribution is 0.600. The van der Waals surface area contributed by atoms with Crippen LogP contribution in [0.25, 0.3) is 11.4 Å². The van der Waals surface area contributed by atoms with E-state index in [-0.39, 0.29) is 5.56 Å². The van der Waals surface area contributed by atoms with Gasteiger partial charge in [-0.25, -0.2) is 8.78 Å². The zero-order chi connectivity index (χ0) is 12.4. The van der Waals surface area contributed by atoms with Crippen LogP contribution in [0.15, 0.2) is 18.2 Å². The molecule has 0 N–H and O–H groups in total. The highest BCUT2D eigenvalue weighted by atomic mass is 79.9. The maximum atomic E-state index is 13.6. The first kappa shape index (κ1) is 12.2. The van der Waals surface area contributed by atoms with E-state index in [2.05, 4.69) is 26.1 Å². The fourth-order valence-corrected chi connectivity index (χ4v) is 2.05. The summed E-state index contributed by atoms with van der Waals surface area (Å²) in [6.45, 7) is 2.50. The molecular weight excluding hydrogens is 292 g/mol. The molecule has 0 radical (unpaired) electrons. The van der Waals surface area contributed by atoms with Gasteiger partial charge in [0.05, 0.1) is 10.9 Å². The van der Waals surface area contributed by atoms with Crippen LogP contribution >= 0.6 is 15.9 Å². The lowest BCUT2D eigenvalue weighted by Crippen LogP contribution is -2.03. The van der Waals surface area contributed by atoms with Crippen LogP contribution in [0.5, 0.6) is 0 Å². The Kier molecular flexibility index (Phi) is 3.51. The van der Waals surface area contributed by atoms with Gasteiger partial charge in [-0.15, -0.1) is 10.2 Å². The van der Waals surface area contributed by atoms with E-state index in [0.29, 0.717) is 23.5 Å². The Morgan fingerprint density at radius 1 is 1.29 bits per heavy atom. The first-order chi connectivity index (χ1) is 8.17. The van der Waals surface area contributed by atoms with Crippen LogP contribution in [0.2, 0.25) is 0 Å². The van der Waals surface area contributed by atoms with Crippen LogP contribution in [0.3, 0.4) is 0 Å². The van der Waals surface area contributed by atoms with E-state index in [1.165, 1.54) is 0 Å². The van der Waals surface area contributed by atoms with Gasteiger partial charge in [0.2, 0.25) is 0 Å². The molecule has 0 unspecified atom stereocenters. The van der Waals surface area contributed by atoms with Crippen molar-refractivity contribution in [3.63, 3.8) is 0 Å². The summed E-state index contributed by atoms with van der Waals surface area (Å²) < 4.78 is 28.5. The molecule has 1 aromatic heterocycles. The predicted molar refractivity (Wildman–Crippen MR) is 63.7 cm³/mol. The number of nitrogens with zero attached hydrogens (tertiary/aromatic N) is 3. The number of benzene rings is 1. The molecule has 0 aliphatic heterocycles. The molecule has 0 saturated heterocycles. The monoisotopic (exact) mass is 301 g/mol. The summed E-state index contributed by atoms with van der Waals surface area (Å²) >= 11 is 3.28. The van der Waals surface area contributed by atoms with E-state index in [1.54, 1.807) is 4.57 Å². The van der Waals surface area contributed by atoms with Gasteiger partial charge in [-0.05, 0) is 25.1 Å². The molecule has 1 heterocycles. The van der Waals surface area contributed by atoms with Gasteiger partial charge < -0.3 is 4.57 Å². The average molecular weight is 302 g/mol. The zero-order valence-electron chi connectivity index (χ0n) is 9.12. The highest BCUT2D eigenvalue weighted by Gasteiger charge is 2.15. The number of aromatic nitrogens is 3. The molecule has 0 aliphatic carbocycles. The highest BCUT2D eigenvalue weighted by molar-refractivity contribution is 9.08. The fraction of sp³-hybridized carbons (Fsp3) is 0.273. The minimum Gasteiger partial charge on any atom is -0.310 e. The SMILES string of the molecule is CCn1c(CBr)nnc1-c1cc(F)ccc1F. The molecule has 0 spiro atoms. The molecule has 2 aromatic rings. The maximum absolute atomic E-state index is 13.6. The normalized spacial score (nSPS) is 10.8. The number of alkyl halides is 1. The van der Waals surface area contributed by atoms with Crippen molar-refractivity contribution in [2.75, 3.05) is 0 Å². The van der Waals surface area contributed by atoms with Gasteiger partial charge in [0.15, 0.2) is 5.82 Å². The van der Waals surface area contributed by atoms with Gasteiger partial charge in [-0.2, -0.15) is 0 Å². The van der Waals surface area contributed by atoms with Crippen molar-refractivity contribution < 1.29 is 8.78 Å². The van der Waals surface area contributed by atoms with Gasteiger partial charge in [0, 0.05) is 6.54 Å². The maximum Gasteiger partial charge on any atom is 0.167 e. The Morgan fingerprint density at radius 2 is 2.06 bits per heavy atom. The largest absolute Gasteiger partial charge is 0.310 e. The van der Waals surface area contributed by atoms with Gasteiger partial charge in [0.25, 0.3) is 0 Å². The van der Waals surface area contributed by atoms with Gasteiger partial charge in [-0.3, -0.25) is 0 Å². The summed E-state index contributed by atoms with van der Waals surface area (Å²) in [6, 6.07) is 3.30. The molecule has 2 rings (SSSR count). The molecule has 3 nitrogen and oxygen atoms in total. The van der Waals surface area contributed by atoms with Crippen LogP contribution in [0, 0.1) is 11.6 Å². The van der Waals surface area contributed by atoms with Crippen molar-refractivity contribution in [3.8, 4) is 11.4 Å². The van der Waals surface area contributed by atoms with Crippen molar-refractivity contribution in [1.29, 1.82) is 0 Å². The Morgan fingerprint density at radius 3 is 2.71 bits per heavy atom. The fourth-order valence-electron chi connectivity index (χ4n) is 1.63. The van der Waals surface area contributed by atoms with Crippen LogP contribution < -0.4 is 0 Å². The van der Waals surface area contributed by atoms with Gasteiger partial charge in [-0.1, -0.05) is 15.9 Å². The summed E-state index contributed by atoms with van der Waals surface area (Å²) in [5, 5.41) is 8.35. The van der Waals surface area contributed by atoms with Gasteiger partial charge in [0.1, 0.15) is 17.5 Å². The molecule has 1 aromatic carbocycles. The molecule has 0 atom stereocenters. The number of halogens is 3. The topological polar surface area (TPSA) is 30.7 Å². The third-order valence-electron chi connectivity index (χ3n) is 2.43. The molecular formula is C11H10BrF2N3. The minimum atomic E-state index is -0.505. The third-order valence-corrected chi connectivity index (χ3v) is 2.93. The Labute approximate surface area is 106 Å². The van der Waals surface area contributed by atoms with Crippen molar-refractivity contribution in [2.24, 2.45) is 0 Å². The van der Waals surface area contributed by atoms with Crippen molar-refractivity contribution in [3.05, 3.63) is 35.7 Å². The molecule has 0 fully saturated rings. The van der Waals surface area contributed by atoms with Crippen LogP contribution in [-0.2, 0) is 11.9 Å². The van der Waals surface area contributed by atoms with E-state index < -0.39 is 11.6 Å². The van der Waals surface area contributed by atoms with E-state index in [9.17, 15) is 8.78 Å². The first-order valence-electron chi connectivity index (χ1n) is 5.10. The number of hydrogen-bond donors (Lipinski definition) is 0. The molecule has 0 amide bonds. The summed E-state index contributed by atoms with van der Waals surface area (Å²) in [4.78, 5) is 0. The second-order valence-electron chi connectivity index (χ2n) is 3.44. The number of rotatable bonds is 3. The summed E-state index contributed by atoms with van der Waals surface area (Å²) in [5.41, 5.74) is 0.131. The molecule has 6 heteroatoms. The minimum absolute atomic E-state index is 0.131. The van der Waals surface area contributed by atoms with E-state index in [4.69, 9.17) is 0 Å². The van der Waals surface area contributed by atoms with Crippen molar-refractivity contribution in [1.82, 2.24) is 14.8 Å². The molecule has 0 aliphatic rings. The second-order valence-corrected chi connectivity index (χ2v) is 4.00. The Balaban J connectivity index is 2.59. The lowest BCUT2D eigenvalue weighted by Gasteiger charge is -2.06. The van der Waals surface area contributed by atoms with Crippen molar-refractivity contribution in [2.45, 2.75) is 18.8 Å². The van der Waals surface area contributed by atoms with Crippen LogP contribution in [0.4, 0.5) is 8.78 Å². The summed E-state index contributed by atoms with van der Waals surface area (Å²) in [7, 11) is 0. The van der Waals surface area contributed by atoms with Crippen LogP contribution in [0.1, 0.15) is 12.7 Å². The van der Waals surface area contributed by atoms with E-state index >= 15 is 0 Å². The van der Waals surface area contributed by atoms with E-state index in [1.807, 2.05) is 6.92 Å². The predicted octanol–water partition coefficient (Wildman–Crippen LogP) is 3.14. The molecule has 90 valence electrons. The summed E-state index contributed by atoms with van der Waals surface area (Å²) in [5.74, 6) is 0.0344. The highest BCUT2D eigenvalue weighted by Crippen LogP contribution is 2.23. The zero-order valence-corrected chi connectivity index (χ0v) is 10.7. The smallest absolute Gasteiger partial charge is 0.167 e. The lowest BCUT2D eigenvalue weighted by atomic mass is 10.2. The van der Waals surface area contributed by atoms with Gasteiger partial charge >= 0.3 is 0 Å².